The Hall–Kier alpha value is -0.340. The van der Waals surface area contributed by atoms with Crippen molar-refractivity contribution in [2.75, 3.05) is 6.54 Å². The van der Waals surface area contributed by atoms with Crippen LogP contribution in [0.5, 0.6) is 0 Å². The highest BCUT2D eigenvalue weighted by Crippen LogP contribution is 2.40. The van der Waals surface area contributed by atoms with Crippen molar-refractivity contribution in [1.29, 1.82) is 0 Å². The van der Waals surface area contributed by atoms with Gasteiger partial charge in [-0.05, 0) is 44.2 Å². The van der Waals surface area contributed by atoms with Gasteiger partial charge >= 0.3 is 0 Å². The van der Waals surface area contributed by atoms with Crippen molar-refractivity contribution in [2.45, 2.75) is 46.1 Å². The average molecular weight is 223 g/mol. The van der Waals surface area contributed by atoms with Gasteiger partial charge in [0, 0.05) is 22.3 Å². The molecule has 1 fully saturated rings. The van der Waals surface area contributed by atoms with E-state index in [1.807, 2.05) is 11.3 Å². The van der Waals surface area contributed by atoms with Crippen LogP contribution in [0.15, 0.2) is 12.1 Å². The highest BCUT2D eigenvalue weighted by molar-refractivity contribution is 7.12. The molecule has 0 radical (unpaired) electrons. The summed E-state index contributed by atoms with van der Waals surface area (Å²) in [6, 6.07) is 4.98. The normalized spacial score (nSPS) is 21.0. The molecule has 15 heavy (non-hydrogen) atoms. The summed E-state index contributed by atoms with van der Waals surface area (Å²) in [5, 5.41) is 3.67. The Balaban J connectivity index is 1.84. The molecular formula is C13H21NS. The fourth-order valence-corrected chi connectivity index (χ4v) is 3.05. The van der Waals surface area contributed by atoms with Gasteiger partial charge in [-0.3, -0.25) is 0 Å². The van der Waals surface area contributed by atoms with Crippen LogP contribution in [0, 0.1) is 12.3 Å². The average Bonchev–Trinajstić information content (AvgIpc) is 2.58. The molecule has 0 saturated heterocycles. The number of hydrogen-bond acceptors (Lipinski definition) is 2. The Bertz CT molecular complexity index is 325. The summed E-state index contributed by atoms with van der Waals surface area (Å²) >= 11 is 1.91. The van der Waals surface area contributed by atoms with Crippen molar-refractivity contribution in [2.24, 2.45) is 5.41 Å². The molecule has 84 valence electrons. The summed E-state index contributed by atoms with van der Waals surface area (Å²) in [7, 11) is 0. The molecule has 1 heterocycles. The fraction of sp³-hybridized carbons (Fsp3) is 0.692. The van der Waals surface area contributed by atoms with E-state index in [1.165, 1.54) is 35.6 Å². The molecule has 0 aromatic carbocycles. The molecule has 1 atom stereocenters. The van der Waals surface area contributed by atoms with E-state index >= 15 is 0 Å². The molecule has 1 aliphatic carbocycles. The first-order valence-corrected chi connectivity index (χ1v) is 6.70. The summed E-state index contributed by atoms with van der Waals surface area (Å²) in [6.45, 7) is 8.02. The standard InChI is InChI=1S/C13H21NS/c1-10-5-6-12(15-10)11(2)14-9-13(3)7-4-8-13/h5-6,11,14H,4,7-9H2,1-3H3. The lowest BCUT2D eigenvalue weighted by Crippen LogP contribution is -2.38. The Kier molecular flexibility index (Phi) is 3.17. The van der Waals surface area contributed by atoms with E-state index in [-0.39, 0.29) is 0 Å². The van der Waals surface area contributed by atoms with Crippen LogP contribution in [0.4, 0.5) is 0 Å². The number of aryl methyl sites for hydroxylation is 1. The maximum Gasteiger partial charge on any atom is 0.0386 e. The van der Waals surface area contributed by atoms with Gasteiger partial charge in [0.15, 0.2) is 0 Å². The summed E-state index contributed by atoms with van der Waals surface area (Å²) in [5.41, 5.74) is 0.584. The molecule has 0 amide bonds. The predicted molar refractivity (Wildman–Crippen MR) is 67.4 cm³/mol. The molecule has 1 N–H and O–H groups in total. The van der Waals surface area contributed by atoms with Gasteiger partial charge in [0.1, 0.15) is 0 Å². The van der Waals surface area contributed by atoms with Gasteiger partial charge in [-0.15, -0.1) is 11.3 Å². The van der Waals surface area contributed by atoms with E-state index < -0.39 is 0 Å². The van der Waals surface area contributed by atoms with Crippen LogP contribution in [-0.2, 0) is 0 Å². The minimum absolute atomic E-state index is 0.515. The first-order chi connectivity index (χ1) is 7.09. The summed E-state index contributed by atoms with van der Waals surface area (Å²) in [5.74, 6) is 0. The molecule has 2 heteroatoms. The molecule has 1 unspecified atom stereocenters. The molecule has 1 aromatic heterocycles. The van der Waals surface area contributed by atoms with Crippen LogP contribution < -0.4 is 5.32 Å². The van der Waals surface area contributed by atoms with Crippen molar-refractivity contribution in [1.82, 2.24) is 5.32 Å². The molecule has 2 rings (SSSR count). The molecule has 0 aliphatic heterocycles. The second kappa shape index (κ2) is 4.26. The Morgan fingerprint density at radius 2 is 2.20 bits per heavy atom. The third-order valence-electron chi connectivity index (χ3n) is 3.58. The maximum atomic E-state index is 3.67. The zero-order chi connectivity index (χ0) is 10.9. The van der Waals surface area contributed by atoms with Crippen LogP contribution >= 0.6 is 11.3 Å². The smallest absolute Gasteiger partial charge is 0.0386 e. The van der Waals surface area contributed by atoms with E-state index in [2.05, 4.69) is 38.2 Å². The van der Waals surface area contributed by atoms with Gasteiger partial charge in [-0.1, -0.05) is 13.3 Å². The van der Waals surface area contributed by atoms with Crippen LogP contribution in [0.1, 0.15) is 48.9 Å². The summed E-state index contributed by atoms with van der Waals surface area (Å²) < 4.78 is 0. The fourth-order valence-electron chi connectivity index (χ4n) is 2.14. The topological polar surface area (TPSA) is 12.0 Å². The summed E-state index contributed by atoms with van der Waals surface area (Å²) in [6.07, 6.45) is 4.22. The van der Waals surface area contributed by atoms with E-state index in [0.717, 1.165) is 0 Å². The van der Waals surface area contributed by atoms with Crippen molar-refractivity contribution in [3.63, 3.8) is 0 Å². The third-order valence-corrected chi connectivity index (χ3v) is 4.77. The summed E-state index contributed by atoms with van der Waals surface area (Å²) in [4.78, 5) is 2.88. The zero-order valence-electron chi connectivity index (χ0n) is 9.97. The predicted octanol–water partition coefficient (Wildman–Crippen LogP) is 3.90. The lowest BCUT2D eigenvalue weighted by atomic mass is 9.70. The first kappa shape index (κ1) is 11.2. The minimum atomic E-state index is 0.515. The van der Waals surface area contributed by atoms with Gasteiger partial charge in [0.25, 0.3) is 0 Å². The van der Waals surface area contributed by atoms with Crippen molar-refractivity contribution >= 4 is 11.3 Å². The van der Waals surface area contributed by atoms with Gasteiger partial charge in [0.05, 0.1) is 0 Å². The first-order valence-electron chi connectivity index (χ1n) is 5.89. The number of thiophene rings is 1. The second-order valence-corrected chi connectivity index (χ2v) is 6.53. The van der Waals surface area contributed by atoms with Crippen LogP contribution in [-0.4, -0.2) is 6.54 Å². The van der Waals surface area contributed by atoms with E-state index in [0.29, 0.717) is 11.5 Å². The quantitative estimate of drug-likeness (QED) is 0.816. The van der Waals surface area contributed by atoms with Gasteiger partial charge in [-0.2, -0.15) is 0 Å². The Morgan fingerprint density at radius 3 is 2.67 bits per heavy atom. The van der Waals surface area contributed by atoms with Crippen LogP contribution in [0.3, 0.4) is 0 Å². The van der Waals surface area contributed by atoms with E-state index in [9.17, 15) is 0 Å². The largest absolute Gasteiger partial charge is 0.309 e. The maximum absolute atomic E-state index is 3.67. The van der Waals surface area contributed by atoms with Gasteiger partial charge < -0.3 is 5.32 Å². The van der Waals surface area contributed by atoms with Gasteiger partial charge in [0.2, 0.25) is 0 Å². The lowest BCUT2D eigenvalue weighted by Gasteiger charge is -2.39. The van der Waals surface area contributed by atoms with Crippen LogP contribution in [0.25, 0.3) is 0 Å². The van der Waals surface area contributed by atoms with E-state index in [1.54, 1.807) is 0 Å². The van der Waals surface area contributed by atoms with E-state index in [4.69, 9.17) is 0 Å². The Labute approximate surface area is 96.9 Å². The molecule has 1 saturated carbocycles. The van der Waals surface area contributed by atoms with Crippen molar-refractivity contribution in [3.8, 4) is 0 Å². The zero-order valence-corrected chi connectivity index (χ0v) is 10.8. The van der Waals surface area contributed by atoms with Crippen LogP contribution in [0.2, 0.25) is 0 Å². The monoisotopic (exact) mass is 223 g/mol. The molecule has 1 nitrogen and oxygen atoms in total. The lowest BCUT2D eigenvalue weighted by molar-refractivity contribution is 0.152. The minimum Gasteiger partial charge on any atom is -0.309 e. The molecule has 0 spiro atoms. The van der Waals surface area contributed by atoms with Crippen molar-refractivity contribution < 1.29 is 0 Å². The highest BCUT2D eigenvalue weighted by Gasteiger charge is 2.31. The van der Waals surface area contributed by atoms with Crippen molar-refractivity contribution in [3.05, 3.63) is 21.9 Å². The second-order valence-electron chi connectivity index (χ2n) is 5.22. The third kappa shape index (κ3) is 2.61. The molecule has 1 aliphatic rings. The molecular weight excluding hydrogens is 202 g/mol. The number of hydrogen-bond donors (Lipinski definition) is 1. The highest BCUT2D eigenvalue weighted by atomic mass is 32.1. The molecule has 1 aromatic rings. The SMILES string of the molecule is Cc1ccc(C(C)NCC2(C)CCC2)s1. The number of nitrogens with one attached hydrogen (secondary N) is 1. The van der Waals surface area contributed by atoms with Gasteiger partial charge in [-0.25, -0.2) is 0 Å². The Morgan fingerprint density at radius 1 is 1.47 bits per heavy atom. The molecule has 0 bridgehead atoms. The number of rotatable bonds is 4.